The smallest absolute Gasteiger partial charge is 0.123 e. The molecule has 0 bridgehead atoms. The van der Waals surface area contributed by atoms with Gasteiger partial charge in [0, 0.05) is 17.5 Å². The summed E-state index contributed by atoms with van der Waals surface area (Å²) in [5, 5.41) is 0. The summed E-state index contributed by atoms with van der Waals surface area (Å²) < 4.78 is 13.8. The van der Waals surface area contributed by atoms with Crippen molar-refractivity contribution in [1.29, 1.82) is 0 Å². The van der Waals surface area contributed by atoms with Crippen molar-refractivity contribution in [2.24, 2.45) is 5.73 Å². The third kappa shape index (κ3) is 4.27. The summed E-state index contributed by atoms with van der Waals surface area (Å²) in [5.41, 5.74) is 7.36. The maximum atomic E-state index is 13.0. The molecule has 1 heterocycles. The summed E-state index contributed by atoms with van der Waals surface area (Å²) in [6.45, 7) is 2.80. The molecule has 0 aliphatic carbocycles. The number of halogens is 2. The van der Waals surface area contributed by atoms with Gasteiger partial charge in [0.25, 0.3) is 0 Å². The number of nitrogens with zero attached hydrogens (tertiary/aromatic N) is 1. The van der Waals surface area contributed by atoms with Gasteiger partial charge < -0.3 is 5.73 Å². The van der Waals surface area contributed by atoms with E-state index in [0.717, 1.165) is 16.3 Å². The standard InChI is InChI=1S/C16H20ClFN2S/c1-3-13(19)16(14-8-9-15(17)21-14)20(2)10-11-4-6-12(18)7-5-11/h4-9,13,16H,3,10,19H2,1-2H3. The quantitative estimate of drug-likeness (QED) is 0.849. The molecule has 0 fully saturated rings. The lowest BCUT2D eigenvalue weighted by Gasteiger charge is -2.31. The van der Waals surface area contributed by atoms with Crippen LogP contribution in [-0.2, 0) is 6.54 Å². The summed E-state index contributed by atoms with van der Waals surface area (Å²) in [6, 6.07) is 10.7. The van der Waals surface area contributed by atoms with E-state index in [9.17, 15) is 4.39 Å². The first-order valence-electron chi connectivity index (χ1n) is 6.96. The zero-order chi connectivity index (χ0) is 15.4. The molecule has 0 saturated heterocycles. The molecule has 1 aromatic heterocycles. The predicted molar refractivity (Wildman–Crippen MR) is 88.2 cm³/mol. The normalized spacial score (nSPS) is 14.4. The number of hydrogen-bond donors (Lipinski definition) is 1. The fourth-order valence-corrected chi connectivity index (χ4v) is 3.74. The largest absolute Gasteiger partial charge is 0.326 e. The predicted octanol–water partition coefficient (Wildman–Crippen LogP) is 4.45. The van der Waals surface area contributed by atoms with Gasteiger partial charge in [-0.05, 0) is 43.3 Å². The van der Waals surface area contributed by atoms with Crippen LogP contribution in [-0.4, -0.2) is 18.0 Å². The van der Waals surface area contributed by atoms with Crippen LogP contribution >= 0.6 is 22.9 Å². The van der Waals surface area contributed by atoms with E-state index in [1.807, 2.05) is 31.3 Å². The Bertz CT molecular complexity index is 570. The monoisotopic (exact) mass is 326 g/mol. The maximum absolute atomic E-state index is 13.0. The molecule has 0 radical (unpaired) electrons. The van der Waals surface area contributed by atoms with Crippen molar-refractivity contribution in [2.75, 3.05) is 7.05 Å². The maximum Gasteiger partial charge on any atom is 0.123 e. The average molecular weight is 327 g/mol. The van der Waals surface area contributed by atoms with Crippen LogP contribution in [0.4, 0.5) is 4.39 Å². The number of likely N-dealkylation sites (N-methyl/N-ethyl adjacent to an activating group) is 1. The summed E-state index contributed by atoms with van der Waals surface area (Å²) in [6.07, 6.45) is 0.883. The zero-order valence-electron chi connectivity index (χ0n) is 12.2. The number of benzene rings is 1. The highest BCUT2D eigenvalue weighted by Gasteiger charge is 2.24. The Morgan fingerprint density at radius 2 is 1.90 bits per heavy atom. The van der Waals surface area contributed by atoms with E-state index in [2.05, 4.69) is 11.8 Å². The van der Waals surface area contributed by atoms with Gasteiger partial charge in [0.15, 0.2) is 0 Å². The van der Waals surface area contributed by atoms with Crippen molar-refractivity contribution in [3.05, 3.63) is 57.0 Å². The molecular formula is C16H20ClFN2S. The first kappa shape index (κ1) is 16.4. The van der Waals surface area contributed by atoms with Crippen LogP contribution < -0.4 is 5.73 Å². The Morgan fingerprint density at radius 3 is 2.43 bits per heavy atom. The van der Waals surface area contributed by atoms with Crippen molar-refractivity contribution < 1.29 is 4.39 Å². The lowest BCUT2D eigenvalue weighted by molar-refractivity contribution is 0.205. The van der Waals surface area contributed by atoms with Crippen molar-refractivity contribution in [2.45, 2.75) is 32.0 Å². The molecule has 0 saturated carbocycles. The minimum absolute atomic E-state index is 0.0326. The van der Waals surface area contributed by atoms with E-state index in [1.54, 1.807) is 11.3 Å². The molecule has 5 heteroatoms. The molecule has 21 heavy (non-hydrogen) atoms. The van der Waals surface area contributed by atoms with Gasteiger partial charge in [-0.1, -0.05) is 30.7 Å². The topological polar surface area (TPSA) is 29.3 Å². The third-order valence-electron chi connectivity index (χ3n) is 3.58. The SMILES string of the molecule is CCC(N)C(c1ccc(Cl)s1)N(C)Cc1ccc(F)cc1. The summed E-state index contributed by atoms with van der Waals surface area (Å²) in [7, 11) is 2.04. The Balaban J connectivity index is 2.18. The van der Waals surface area contributed by atoms with E-state index in [-0.39, 0.29) is 17.9 Å². The van der Waals surface area contributed by atoms with Crippen LogP contribution in [0.25, 0.3) is 0 Å². The van der Waals surface area contributed by atoms with Gasteiger partial charge in [0.1, 0.15) is 5.82 Å². The fourth-order valence-electron chi connectivity index (χ4n) is 2.44. The molecule has 2 N–H and O–H groups in total. The van der Waals surface area contributed by atoms with E-state index in [0.29, 0.717) is 6.54 Å². The second-order valence-electron chi connectivity index (χ2n) is 5.20. The summed E-state index contributed by atoms with van der Waals surface area (Å²) in [4.78, 5) is 3.36. The van der Waals surface area contributed by atoms with Gasteiger partial charge in [-0.15, -0.1) is 11.3 Å². The van der Waals surface area contributed by atoms with Crippen LogP contribution in [0.1, 0.15) is 29.8 Å². The minimum Gasteiger partial charge on any atom is -0.326 e. The van der Waals surface area contributed by atoms with Gasteiger partial charge in [-0.2, -0.15) is 0 Å². The fraction of sp³-hybridized carbons (Fsp3) is 0.375. The van der Waals surface area contributed by atoms with Gasteiger partial charge in [0.05, 0.1) is 10.4 Å². The van der Waals surface area contributed by atoms with E-state index >= 15 is 0 Å². The van der Waals surface area contributed by atoms with Crippen LogP contribution in [0.2, 0.25) is 4.34 Å². The van der Waals surface area contributed by atoms with Gasteiger partial charge in [-0.3, -0.25) is 4.90 Å². The van der Waals surface area contributed by atoms with Crippen LogP contribution in [0, 0.1) is 5.82 Å². The van der Waals surface area contributed by atoms with Crippen molar-refractivity contribution in [3.8, 4) is 0 Å². The van der Waals surface area contributed by atoms with Gasteiger partial charge in [0.2, 0.25) is 0 Å². The summed E-state index contributed by atoms with van der Waals surface area (Å²) in [5.74, 6) is -0.215. The molecule has 0 aliphatic rings. The number of rotatable bonds is 6. The molecule has 1 aromatic carbocycles. The molecule has 2 atom stereocenters. The molecule has 0 aliphatic heterocycles. The van der Waals surface area contributed by atoms with Gasteiger partial charge in [-0.25, -0.2) is 4.39 Å². The second-order valence-corrected chi connectivity index (χ2v) is 6.95. The Hall–Kier alpha value is -0.940. The van der Waals surface area contributed by atoms with Crippen molar-refractivity contribution >= 4 is 22.9 Å². The van der Waals surface area contributed by atoms with E-state index < -0.39 is 0 Å². The number of thiophene rings is 1. The molecule has 0 amide bonds. The molecule has 114 valence electrons. The molecule has 2 rings (SSSR count). The summed E-state index contributed by atoms with van der Waals surface area (Å²) >= 11 is 7.62. The molecular weight excluding hydrogens is 307 g/mol. The Labute approximate surface area is 134 Å². The lowest BCUT2D eigenvalue weighted by atomic mass is 10.0. The van der Waals surface area contributed by atoms with Crippen LogP contribution in [0.3, 0.4) is 0 Å². The number of nitrogens with two attached hydrogens (primary N) is 1. The highest BCUT2D eigenvalue weighted by Crippen LogP contribution is 2.33. The van der Waals surface area contributed by atoms with Crippen molar-refractivity contribution in [1.82, 2.24) is 4.90 Å². The average Bonchev–Trinajstić information content (AvgIpc) is 2.87. The highest BCUT2D eigenvalue weighted by molar-refractivity contribution is 7.16. The van der Waals surface area contributed by atoms with E-state index in [4.69, 9.17) is 17.3 Å². The molecule has 2 aromatic rings. The molecule has 0 spiro atoms. The zero-order valence-corrected chi connectivity index (χ0v) is 13.8. The lowest BCUT2D eigenvalue weighted by Crippen LogP contribution is -2.38. The third-order valence-corrected chi connectivity index (χ3v) is 4.88. The van der Waals surface area contributed by atoms with Crippen LogP contribution in [0.15, 0.2) is 36.4 Å². The Morgan fingerprint density at radius 1 is 1.24 bits per heavy atom. The first-order chi connectivity index (χ1) is 10.0. The minimum atomic E-state index is -0.215. The van der Waals surface area contributed by atoms with Crippen molar-refractivity contribution in [3.63, 3.8) is 0 Å². The first-order valence-corrected chi connectivity index (χ1v) is 8.16. The van der Waals surface area contributed by atoms with Gasteiger partial charge >= 0.3 is 0 Å². The highest BCUT2D eigenvalue weighted by atomic mass is 35.5. The molecule has 2 nitrogen and oxygen atoms in total. The second kappa shape index (κ2) is 7.36. The number of hydrogen-bond acceptors (Lipinski definition) is 3. The van der Waals surface area contributed by atoms with E-state index in [1.165, 1.54) is 17.0 Å². The van der Waals surface area contributed by atoms with Crippen LogP contribution in [0.5, 0.6) is 0 Å². The molecule has 2 unspecified atom stereocenters. The Kier molecular flexibility index (Phi) is 5.76.